The topological polar surface area (TPSA) is 42.3 Å². The van der Waals surface area contributed by atoms with Crippen molar-refractivity contribution in [1.29, 1.82) is 0 Å². The van der Waals surface area contributed by atoms with Crippen molar-refractivity contribution in [1.82, 2.24) is 14.5 Å². The molecule has 2 heterocycles. The summed E-state index contributed by atoms with van der Waals surface area (Å²) in [6, 6.07) is 0. The Labute approximate surface area is 116 Å². The average molecular weight is 266 g/mol. The highest BCUT2D eigenvalue weighted by atomic mass is 16.5. The van der Waals surface area contributed by atoms with E-state index in [4.69, 9.17) is 4.74 Å². The summed E-state index contributed by atoms with van der Waals surface area (Å²) in [5.41, 5.74) is 1.08. The van der Waals surface area contributed by atoms with Crippen molar-refractivity contribution >= 4 is 5.95 Å². The van der Waals surface area contributed by atoms with Gasteiger partial charge in [-0.05, 0) is 12.8 Å². The zero-order chi connectivity index (χ0) is 13.7. The molecule has 1 saturated heterocycles. The molecule has 0 radical (unpaired) electrons. The first-order valence-corrected chi connectivity index (χ1v) is 7.23. The summed E-state index contributed by atoms with van der Waals surface area (Å²) in [6.45, 7) is 13.3. The lowest BCUT2D eigenvalue weighted by Gasteiger charge is -2.26. The van der Waals surface area contributed by atoms with Gasteiger partial charge in [0.25, 0.3) is 0 Å². The van der Waals surface area contributed by atoms with Crippen LogP contribution in [0.2, 0.25) is 0 Å². The summed E-state index contributed by atoms with van der Waals surface area (Å²) in [4.78, 5) is 7.00. The molecule has 0 aromatic carbocycles. The molecule has 5 nitrogen and oxygen atoms in total. The maximum atomic E-state index is 5.37. The van der Waals surface area contributed by atoms with E-state index in [1.807, 2.05) is 6.92 Å². The van der Waals surface area contributed by atoms with E-state index in [2.05, 4.69) is 39.8 Å². The van der Waals surface area contributed by atoms with E-state index in [9.17, 15) is 0 Å². The number of ether oxygens (including phenoxy) is 1. The zero-order valence-electron chi connectivity index (χ0n) is 12.4. The van der Waals surface area contributed by atoms with E-state index in [0.29, 0.717) is 5.92 Å². The zero-order valence-corrected chi connectivity index (χ0v) is 12.4. The van der Waals surface area contributed by atoms with Crippen LogP contribution in [0, 0.1) is 12.8 Å². The maximum absolute atomic E-state index is 5.37. The number of anilines is 1. The lowest BCUT2D eigenvalue weighted by atomic mass is 10.2. The standard InChI is InChI=1S/C14H26N4O/c1-12(2)10-15-14-16-13(3)11-18(14)5-4-17-6-8-19-9-7-17/h11-12H,4-10H2,1-3H3,(H,15,16). The molecule has 0 bridgehead atoms. The van der Waals surface area contributed by atoms with E-state index < -0.39 is 0 Å². The van der Waals surface area contributed by atoms with Gasteiger partial charge in [0.1, 0.15) is 0 Å². The summed E-state index contributed by atoms with van der Waals surface area (Å²) in [7, 11) is 0. The van der Waals surface area contributed by atoms with Crippen LogP contribution < -0.4 is 5.32 Å². The Kier molecular flexibility index (Phi) is 5.22. The molecule has 5 heteroatoms. The van der Waals surface area contributed by atoms with E-state index >= 15 is 0 Å². The predicted molar refractivity (Wildman–Crippen MR) is 77.6 cm³/mol. The Morgan fingerprint density at radius 3 is 2.74 bits per heavy atom. The fraction of sp³-hybridized carbons (Fsp3) is 0.786. The van der Waals surface area contributed by atoms with Crippen LogP contribution in [0.3, 0.4) is 0 Å². The van der Waals surface area contributed by atoms with Crippen LogP contribution in [-0.4, -0.2) is 53.8 Å². The van der Waals surface area contributed by atoms with Crippen LogP contribution >= 0.6 is 0 Å². The molecule has 108 valence electrons. The smallest absolute Gasteiger partial charge is 0.203 e. The summed E-state index contributed by atoms with van der Waals surface area (Å²) < 4.78 is 7.60. The van der Waals surface area contributed by atoms with Crippen LogP contribution in [-0.2, 0) is 11.3 Å². The molecule has 1 aliphatic heterocycles. The Bertz CT molecular complexity index is 383. The van der Waals surface area contributed by atoms with Gasteiger partial charge in [-0.2, -0.15) is 0 Å². The van der Waals surface area contributed by atoms with Gasteiger partial charge >= 0.3 is 0 Å². The van der Waals surface area contributed by atoms with Crippen LogP contribution in [0.5, 0.6) is 0 Å². The van der Waals surface area contributed by atoms with Gasteiger partial charge in [-0.15, -0.1) is 0 Å². The third kappa shape index (κ3) is 4.51. The number of hydrogen-bond acceptors (Lipinski definition) is 4. The van der Waals surface area contributed by atoms with E-state index in [1.54, 1.807) is 0 Å². The quantitative estimate of drug-likeness (QED) is 0.849. The van der Waals surface area contributed by atoms with Crippen LogP contribution in [0.4, 0.5) is 5.95 Å². The molecular formula is C14H26N4O. The summed E-state index contributed by atoms with van der Waals surface area (Å²) in [6.07, 6.45) is 2.13. The van der Waals surface area contributed by atoms with E-state index in [1.165, 1.54) is 0 Å². The SMILES string of the molecule is Cc1cn(CCN2CCOCC2)c(NCC(C)C)n1. The fourth-order valence-corrected chi connectivity index (χ4v) is 2.23. The van der Waals surface area contributed by atoms with Gasteiger partial charge in [0.05, 0.1) is 18.9 Å². The molecule has 1 N–H and O–H groups in total. The number of rotatable bonds is 6. The fourth-order valence-electron chi connectivity index (χ4n) is 2.23. The largest absolute Gasteiger partial charge is 0.379 e. The second-order valence-corrected chi connectivity index (χ2v) is 5.63. The van der Waals surface area contributed by atoms with Gasteiger partial charge < -0.3 is 14.6 Å². The van der Waals surface area contributed by atoms with E-state index in [-0.39, 0.29) is 0 Å². The molecule has 0 unspecified atom stereocenters. The van der Waals surface area contributed by atoms with Gasteiger partial charge in [0, 0.05) is 38.9 Å². The number of aryl methyl sites for hydroxylation is 1. The van der Waals surface area contributed by atoms with Gasteiger partial charge in [0.2, 0.25) is 5.95 Å². The minimum atomic E-state index is 0.629. The number of aromatic nitrogens is 2. The maximum Gasteiger partial charge on any atom is 0.203 e. The molecule has 1 aliphatic rings. The molecule has 0 aliphatic carbocycles. The molecule has 0 atom stereocenters. The first-order chi connectivity index (χ1) is 9.15. The Hall–Kier alpha value is -1.07. The van der Waals surface area contributed by atoms with Crippen molar-refractivity contribution in [2.24, 2.45) is 5.92 Å². The van der Waals surface area contributed by atoms with E-state index in [0.717, 1.165) is 57.6 Å². The number of nitrogens with one attached hydrogen (secondary N) is 1. The number of hydrogen-bond donors (Lipinski definition) is 1. The lowest BCUT2D eigenvalue weighted by molar-refractivity contribution is 0.0364. The molecule has 1 fully saturated rings. The Balaban J connectivity index is 1.87. The van der Waals surface area contributed by atoms with Crippen LogP contribution in [0.25, 0.3) is 0 Å². The molecule has 1 aromatic rings. The molecule has 0 saturated carbocycles. The normalized spacial score (nSPS) is 17.1. The van der Waals surface area contributed by atoms with Gasteiger partial charge in [-0.25, -0.2) is 4.98 Å². The predicted octanol–water partition coefficient (Wildman–Crippen LogP) is 1.59. The van der Waals surface area contributed by atoms with Crippen LogP contribution in [0.1, 0.15) is 19.5 Å². The Morgan fingerprint density at radius 2 is 2.05 bits per heavy atom. The Morgan fingerprint density at radius 1 is 1.32 bits per heavy atom. The summed E-state index contributed by atoms with van der Waals surface area (Å²) in [5, 5.41) is 3.43. The third-order valence-electron chi connectivity index (χ3n) is 3.33. The number of imidazole rings is 1. The first-order valence-electron chi connectivity index (χ1n) is 7.23. The lowest BCUT2D eigenvalue weighted by Crippen LogP contribution is -2.38. The summed E-state index contributed by atoms with van der Waals surface area (Å²) >= 11 is 0. The second-order valence-electron chi connectivity index (χ2n) is 5.63. The molecular weight excluding hydrogens is 240 g/mol. The number of morpholine rings is 1. The van der Waals surface area contributed by atoms with Crippen molar-refractivity contribution in [2.75, 3.05) is 44.7 Å². The minimum Gasteiger partial charge on any atom is -0.379 e. The van der Waals surface area contributed by atoms with Gasteiger partial charge in [-0.3, -0.25) is 4.90 Å². The van der Waals surface area contributed by atoms with Crippen LogP contribution in [0.15, 0.2) is 6.20 Å². The second kappa shape index (κ2) is 6.91. The molecule has 0 amide bonds. The number of nitrogens with zero attached hydrogens (tertiary/aromatic N) is 3. The van der Waals surface area contributed by atoms with Crippen molar-refractivity contribution < 1.29 is 4.74 Å². The summed E-state index contributed by atoms with van der Waals surface area (Å²) in [5.74, 6) is 1.63. The van der Waals surface area contributed by atoms with Gasteiger partial charge in [-0.1, -0.05) is 13.8 Å². The molecule has 19 heavy (non-hydrogen) atoms. The molecule has 2 rings (SSSR count). The van der Waals surface area contributed by atoms with Crippen molar-refractivity contribution in [2.45, 2.75) is 27.3 Å². The van der Waals surface area contributed by atoms with Crippen molar-refractivity contribution in [3.63, 3.8) is 0 Å². The highest BCUT2D eigenvalue weighted by molar-refractivity contribution is 5.28. The monoisotopic (exact) mass is 266 g/mol. The average Bonchev–Trinajstić information content (AvgIpc) is 2.75. The van der Waals surface area contributed by atoms with Crippen molar-refractivity contribution in [3.05, 3.63) is 11.9 Å². The first kappa shape index (κ1) is 14.3. The molecule has 0 spiro atoms. The highest BCUT2D eigenvalue weighted by Gasteiger charge is 2.11. The minimum absolute atomic E-state index is 0.629. The highest BCUT2D eigenvalue weighted by Crippen LogP contribution is 2.10. The van der Waals surface area contributed by atoms with Gasteiger partial charge in [0.15, 0.2) is 0 Å². The third-order valence-corrected chi connectivity index (χ3v) is 3.33. The van der Waals surface area contributed by atoms with Crippen molar-refractivity contribution in [3.8, 4) is 0 Å². The molecule has 1 aromatic heterocycles.